The predicted molar refractivity (Wildman–Crippen MR) is 116 cm³/mol. The second-order valence-corrected chi connectivity index (χ2v) is 7.49. The first kappa shape index (κ1) is 21.3. The molecular formula is C23H20ClNO5. The van der Waals surface area contributed by atoms with Crippen LogP contribution in [0.2, 0.25) is 5.02 Å². The zero-order valence-electron chi connectivity index (χ0n) is 16.5. The molecule has 6 nitrogen and oxygen atoms in total. The maximum atomic E-state index is 12.2. The fourth-order valence-electron chi connectivity index (χ4n) is 2.59. The van der Waals surface area contributed by atoms with Gasteiger partial charge in [0.25, 0.3) is 5.91 Å². The Kier molecular flexibility index (Phi) is 6.69. The van der Waals surface area contributed by atoms with Crippen molar-refractivity contribution in [2.45, 2.75) is 13.8 Å². The lowest BCUT2D eigenvalue weighted by Crippen LogP contribution is -2.31. The van der Waals surface area contributed by atoms with E-state index in [9.17, 15) is 14.4 Å². The van der Waals surface area contributed by atoms with E-state index < -0.39 is 17.5 Å². The summed E-state index contributed by atoms with van der Waals surface area (Å²) >= 11 is 5.83. The summed E-state index contributed by atoms with van der Waals surface area (Å²) in [5, 5.41) is 3.84. The normalized spacial score (nSPS) is 11.2. The molecule has 0 saturated heterocycles. The van der Waals surface area contributed by atoms with Gasteiger partial charge in [0.05, 0.1) is 0 Å². The monoisotopic (exact) mass is 425 g/mol. The van der Waals surface area contributed by atoms with Crippen LogP contribution in [-0.4, -0.2) is 18.4 Å². The van der Waals surface area contributed by atoms with E-state index in [1.54, 1.807) is 42.5 Å². The number of halogens is 1. The van der Waals surface area contributed by atoms with E-state index in [-0.39, 0.29) is 22.8 Å². The van der Waals surface area contributed by atoms with Gasteiger partial charge in [-0.2, -0.15) is 0 Å². The molecule has 154 valence electrons. The number of nitrogens with one attached hydrogen (secondary N) is 1. The average Bonchev–Trinajstić information content (AvgIpc) is 2.71. The van der Waals surface area contributed by atoms with Gasteiger partial charge in [0.1, 0.15) is 16.9 Å². The van der Waals surface area contributed by atoms with Gasteiger partial charge < -0.3 is 14.5 Å². The lowest BCUT2D eigenvalue weighted by Gasteiger charge is -2.08. The number of rotatable bonds is 6. The van der Waals surface area contributed by atoms with Crippen LogP contribution in [0.5, 0.6) is 5.75 Å². The van der Waals surface area contributed by atoms with Gasteiger partial charge in [-0.15, -0.1) is 0 Å². The van der Waals surface area contributed by atoms with Gasteiger partial charge in [-0.05, 0) is 47.9 Å². The molecule has 0 saturated carbocycles. The Bertz CT molecular complexity index is 1160. The summed E-state index contributed by atoms with van der Waals surface area (Å²) in [5.41, 5.74) is 0.185. The van der Waals surface area contributed by atoms with Crippen molar-refractivity contribution >= 4 is 40.5 Å². The fraction of sp³-hybridized carbons (Fsp3) is 0.174. The second-order valence-electron chi connectivity index (χ2n) is 7.06. The van der Waals surface area contributed by atoms with Crippen LogP contribution in [0.4, 0.5) is 0 Å². The molecule has 0 atom stereocenters. The number of carbonyl (C=O) groups excluding carboxylic acids is 2. The SMILES string of the molecule is CC(C)CNC(=O)c1cc2ccc(OC(=O)/C=C/c3ccc(Cl)cc3)cc2oc1=O. The summed E-state index contributed by atoms with van der Waals surface area (Å²) in [6, 6.07) is 13.0. The zero-order chi connectivity index (χ0) is 21.7. The molecule has 1 heterocycles. The molecule has 0 aliphatic carbocycles. The average molecular weight is 426 g/mol. The van der Waals surface area contributed by atoms with Gasteiger partial charge >= 0.3 is 11.6 Å². The third-order valence-corrected chi connectivity index (χ3v) is 4.38. The number of hydrogen-bond donors (Lipinski definition) is 1. The van der Waals surface area contributed by atoms with E-state index in [2.05, 4.69) is 5.32 Å². The minimum atomic E-state index is -0.755. The first-order valence-electron chi connectivity index (χ1n) is 9.33. The molecule has 0 aliphatic heterocycles. The number of esters is 1. The summed E-state index contributed by atoms with van der Waals surface area (Å²) in [6.45, 7) is 4.36. The highest BCUT2D eigenvalue weighted by molar-refractivity contribution is 6.30. The first-order chi connectivity index (χ1) is 14.3. The number of fused-ring (bicyclic) bond motifs is 1. The highest BCUT2D eigenvalue weighted by Gasteiger charge is 2.14. The molecule has 1 amide bonds. The highest BCUT2D eigenvalue weighted by atomic mass is 35.5. The van der Waals surface area contributed by atoms with Crippen LogP contribution in [0.25, 0.3) is 17.0 Å². The van der Waals surface area contributed by atoms with E-state index >= 15 is 0 Å². The Balaban J connectivity index is 1.74. The molecule has 1 N–H and O–H groups in total. The second kappa shape index (κ2) is 9.41. The minimum absolute atomic E-state index is 0.0706. The van der Waals surface area contributed by atoms with Gasteiger partial charge in [0.2, 0.25) is 0 Å². The van der Waals surface area contributed by atoms with Gasteiger partial charge in [-0.1, -0.05) is 37.6 Å². The van der Waals surface area contributed by atoms with E-state index in [4.69, 9.17) is 20.8 Å². The number of ether oxygens (including phenoxy) is 1. The molecule has 0 aliphatic rings. The molecule has 1 aromatic heterocycles. The summed E-state index contributed by atoms with van der Waals surface area (Å²) in [5.74, 6) is -0.598. The molecule has 3 rings (SSSR count). The van der Waals surface area contributed by atoms with Gasteiger partial charge in [0, 0.05) is 29.1 Å². The van der Waals surface area contributed by atoms with E-state index in [0.717, 1.165) is 5.56 Å². The lowest BCUT2D eigenvalue weighted by molar-refractivity contribution is -0.128. The van der Waals surface area contributed by atoms with Crippen molar-refractivity contribution in [3.63, 3.8) is 0 Å². The molecule has 0 radical (unpaired) electrons. The quantitative estimate of drug-likeness (QED) is 0.273. The van der Waals surface area contributed by atoms with Crippen LogP contribution in [0, 0.1) is 5.92 Å². The molecule has 0 unspecified atom stereocenters. The molecule has 0 bridgehead atoms. The maximum Gasteiger partial charge on any atom is 0.349 e. The minimum Gasteiger partial charge on any atom is -0.423 e. The van der Waals surface area contributed by atoms with Crippen molar-refractivity contribution in [2.75, 3.05) is 6.54 Å². The molecule has 0 spiro atoms. The smallest absolute Gasteiger partial charge is 0.349 e. The first-order valence-corrected chi connectivity index (χ1v) is 9.71. The molecule has 3 aromatic rings. The molecule has 0 fully saturated rings. The summed E-state index contributed by atoms with van der Waals surface area (Å²) in [6.07, 6.45) is 2.88. The highest BCUT2D eigenvalue weighted by Crippen LogP contribution is 2.21. The summed E-state index contributed by atoms with van der Waals surface area (Å²) in [7, 11) is 0. The van der Waals surface area contributed by atoms with Crippen LogP contribution >= 0.6 is 11.6 Å². The van der Waals surface area contributed by atoms with Crippen LogP contribution < -0.4 is 15.7 Å². The van der Waals surface area contributed by atoms with E-state index in [1.807, 2.05) is 13.8 Å². The van der Waals surface area contributed by atoms with Crippen LogP contribution in [-0.2, 0) is 4.79 Å². The van der Waals surface area contributed by atoms with Gasteiger partial charge in [0.15, 0.2) is 0 Å². The van der Waals surface area contributed by atoms with Crippen LogP contribution in [0.1, 0.15) is 29.8 Å². The number of carbonyl (C=O) groups is 2. The topological polar surface area (TPSA) is 85.6 Å². The number of amides is 1. The number of benzene rings is 2. The van der Waals surface area contributed by atoms with Crippen molar-refractivity contribution in [2.24, 2.45) is 5.92 Å². The van der Waals surface area contributed by atoms with E-state index in [0.29, 0.717) is 17.0 Å². The summed E-state index contributed by atoms with van der Waals surface area (Å²) in [4.78, 5) is 36.4. The summed E-state index contributed by atoms with van der Waals surface area (Å²) < 4.78 is 10.5. The van der Waals surface area contributed by atoms with Gasteiger partial charge in [-0.25, -0.2) is 9.59 Å². The third kappa shape index (κ3) is 5.58. The van der Waals surface area contributed by atoms with Crippen LogP contribution in [0.15, 0.2) is 63.8 Å². The van der Waals surface area contributed by atoms with Crippen molar-refractivity contribution in [3.05, 3.63) is 81.2 Å². The predicted octanol–water partition coefficient (Wildman–Crippen LogP) is 4.45. The Morgan fingerprint density at radius 2 is 1.87 bits per heavy atom. The van der Waals surface area contributed by atoms with Crippen molar-refractivity contribution in [3.8, 4) is 5.75 Å². The maximum absolute atomic E-state index is 12.2. The fourth-order valence-corrected chi connectivity index (χ4v) is 2.72. The molecule has 2 aromatic carbocycles. The van der Waals surface area contributed by atoms with E-state index in [1.165, 1.54) is 18.2 Å². The Hall–Kier alpha value is -3.38. The Morgan fingerprint density at radius 3 is 2.57 bits per heavy atom. The zero-order valence-corrected chi connectivity index (χ0v) is 17.2. The standard InChI is InChI=1S/C23H20ClNO5/c1-14(2)13-25-22(27)19-11-16-6-9-18(12-20(16)30-23(19)28)29-21(26)10-5-15-3-7-17(24)8-4-15/h3-12,14H,13H2,1-2H3,(H,25,27)/b10-5+. The number of hydrogen-bond acceptors (Lipinski definition) is 5. The lowest BCUT2D eigenvalue weighted by atomic mass is 10.1. The van der Waals surface area contributed by atoms with Crippen molar-refractivity contribution in [1.29, 1.82) is 0 Å². The molecule has 30 heavy (non-hydrogen) atoms. The largest absolute Gasteiger partial charge is 0.423 e. The molecule has 7 heteroatoms. The van der Waals surface area contributed by atoms with Gasteiger partial charge in [-0.3, -0.25) is 4.79 Å². The van der Waals surface area contributed by atoms with Crippen molar-refractivity contribution in [1.82, 2.24) is 5.32 Å². The van der Waals surface area contributed by atoms with Crippen LogP contribution in [0.3, 0.4) is 0 Å². The van der Waals surface area contributed by atoms with Crippen molar-refractivity contribution < 1.29 is 18.7 Å². The third-order valence-electron chi connectivity index (χ3n) is 4.12. The molecular weight excluding hydrogens is 406 g/mol. The Morgan fingerprint density at radius 1 is 1.13 bits per heavy atom. The Labute approximate surface area is 178 Å².